The number of thiophene rings is 1. The van der Waals surface area contributed by atoms with E-state index in [4.69, 9.17) is 5.26 Å². The van der Waals surface area contributed by atoms with E-state index in [1.807, 2.05) is 31.5 Å². The van der Waals surface area contributed by atoms with E-state index in [2.05, 4.69) is 6.07 Å². The Kier molecular flexibility index (Phi) is 4.61. The van der Waals surface area contributed by atoms with Crippen LogP contribution in [0.2, 0.25) is 0 Å². The molecule has 54 valence electrons. The van der Waals surface area contributed by atoms with Gasteiger partial charge in [0.05, 0.1) is 5.56 Å². The van der Waals surface area contributed by atoms with E-state index in [0.717, 1.165) is 11.1 Å². The Hall–Kier alpha value is -0.810. The standard InChI is InChI=1S/C6H5NS.C2H6/c1-5-3-8-4-6(5)2-7;1-2/h3-4H,1H3;1-2H3. The second-order valence-electron chi connectivity index (χ2n) is 1.58. The van der Waals surface area contributed by atoms with Gasteiger partial charge in [-0.15, -0.1) is 0 Å². The van der Waals surface area contributed by atoms with Crippen LogP contribution in [0.25, 0.3) is 0 Å². The number of nitrogens with zero attached hydrogens (tertiary/aromatic N) is 1. The number of hydrogen-bond acceptors (Lipinski definition) is 2. The van der Waals surface area contributed by atoms with E-state index in [1.165, 1.54) is 0 Å². The fourth-order valence-corrected chi connectivity index (χ4v) is 1.25. The first-order valence-corrected chi connectivity index (χ1v) is 4.22. The van der Waals surface area contributed by atoms with Crippen molar-refractivity contribution in [1.29, 1.82) is 5.26 Å². The van der Waals surface area contributed by atoms with Crippen molar-refractivity contribution in [2.24, 2.45) is 0 Å². The van der Waals surface area contributed by atoms with E-state index < -0.39 is 0 Å². The third kappa shape index (κ3) is 2.20. The van der Waals surface area contributed by atoms with Gasteiger partial charge in [-0.1, -0.05) is 13.8 Å². The van der Waals surface area contributed by atoms with Crippen molar-refractivity contribution in [1.82, 2.24) is 0 Å². The van der Waals surface area contributed by atoms with Gasteiger partial charge < -0.3 is 0 Å². The van der Waals surface area contributed by atoms with Gasteiger partial charge >= 0.3 is 0 Å². The summed E-state index contributed by atoms with van der Waals surface area (Å²) in [6.45, 7) is 5.94. The van der Waals surface area contributed by atoms with Gasteiger partial charge in [0.25, 0.3) is 0 Å². The molecule has 0 aliphatic rings. The zero-order valence-electron chi connectivity index (χ0n) is 6.51. The number of nitriles is 1. The maximum absolute atomic E-state index is 8.36. The van der Waals surface area contributed by atoms with Crippen LogP contribution in [0, 0.1) is 18.3 Å². The minimum atomic E-state index is 0.801. The van der Waals surface area contributed by atoms with E-state index >= 15 is 0 Å². The third-order valence-electron chi connectivity index (χ3n) is 0.976. The highest BCUT2D eigenvalue weighted by atomic mass is 32.1. The van der Waals surface area contributed by atoms with Gasteiger partial charge in [0.15, 0.2) is 0 Å². The van der Waals surface area contributed by atoms with E-state index in [-0.39, 0.29) is 0 Å². The highest BCUT2D eigenvalue weighted by Gasteiger charge is 1.92. The predicted octanol–water partition coefficient (Wildman–Crippen LogP) is 2.95. The molecule has 0 radical (unpaired) electrons. The highest BCUT2D eigenvalue weighted by molar-refractivity contribution is 7.08. The smallest absolute Gasteiger partial charge is 0.100 e. The quantitative estimate of drug-likeness (QED) is 0.562. The van der Waals surface area contributed by atoms with Crippen molar-refractivity contribution < 1.29 is 0 Å². The maximum Gasteiger partial charge on any atom is 0.100 e. The Morgan fingerprint density at radius 1 is 1.40 bits per heavy atom. The Balaban J connectivity index is 0.000000371. The lowest BCUT2D eigenvalue weighted by atomic mass is 10.2. The van der Waals surface area contributed by atoms with Crippen molar-refractivity contribution in [2.45, 2.75) is 20.8 Å². The Morgan fingerprint density at radius 3 is 2.20 bits per heavy atom. The monoisotopic (exact) mass is 153 g/mol. The van der Waals surface area contributed by atoms with Crippen LogP contribution in [-0.4, -0.2) is 0 Å². The lowest BCUT2D eigenvalue weighted by Gasteiger charge is -1.76. The molecular weight excluding hydrogens is 142 g/mol. The molecule has 1 aromatic heterocycles. The molecule has 0 saturated carbocycles. The van der Waals surface area contributed by atoms with Gasteiger partial charge in [0.1, 0.15) is 6.07 Å². The fourth-order valence-electron chi connectivity index (χ4n) is 0.475. The molecule has 0 fully saturated rings. The lowest BCUT2D eigenvalue weighted by Crippen LogP contribution is -1.67. The molecule has 0 aliphatic heterocycles. The second kappa shape index (κ2) is 5.01. The SMILES string of the molecule is CC.Cc1cscc1C#N. The zero-order valence-corrected chi connectivity index (χ0v) is 7.33. The summed E-state index contributed by atoms with van der Waals surface area (Å²) in [6, 6.07) is 2.09. The molecular formula is C8H11NS. The summed E-state index contributed by atoms with van der Waals surface area (Å²) < 4.78 is 0. The number of aryl methyl sites for hydroxylation is 1. The normalized spacial score (nSPS) is 7.40. The van der Waals surface area contributed by atoms with E-state index in [0.29, 0.717) is 0 Å². The van der Waals surface area contributed by atoms with Crippen LogP contribution in [0.1, 0.15) is 25.0 Å². The summed E-state index contributed by atoms with van der Waals surface area (Å²) in [5, 5.41) is 12.2. The first-order chi connectivity index (χ1) is 4.84. The summed E-state index contributed by atoms with van der Waals surface area (Å²) in [7, 11) is 0. The molecule has 1 rings (SSSR count). The van der Waals surface area contributed by atoms with Crippen LogP contribution in [0.3, 0.4) is 0 Å². The topological polar surface area (TPSA) is 23.8 Å². The first kappa shape index (κ1) is 9.19. The van der Waals surface area contributed by atoms with Gasteiger partial charge in [-0.25, -0.2) is 0 Å². The predicted molar refractivity (Wildman–Crippen MR) is 45.1 cm³/mol. The highest BCUT2D eigenvalue weighted by Crippen LogP contribution is 2.10. The second-order valence-corrected chi connectivity index (χ2v) is 2.32. The molecule has 0 saturated heterocycles. The summed E-state index contributed by atoms with van der Waals surface area (Å²) in [5.74, 6) is 0. The summed E-state index contributed by atoms with van der Waals surface area (Å²) in [6.07, 6.45) is 0. The van der Waals surface area contributed by atoms with Crippen molar-refractivity contribution in [3.63, 3.8) is 0 Å². The molecule has 0 aromatic carbocycles. The molecule has 0 amide bonds. The molecule has 0 atom stereocenters. The lowest BCUT2D eigenvalue weighted by molar-refractivity contribution is 1.45. The molecule has 0 N–H and O–H groups in total. The van der Waals surface area contributed by atoms with Crippen molar-refractivity contribution >= 4 is 11.3 Å². The molecule has 0 bridgehead atoms. The molecule has 2 heteroatoms. The molecule has 1 heterocycles. The third-order valence-corrected chi connectivity index (χ3v) is 1.84. The van der Waals surface area contributed by atoms with Crippen LogP contribution in [0.4, 0.5) is 0 Å². The van der Waals surface area contributed by atoms with Crippen LogP contribution in [-0.2, 0) is 0 Å². The number of rotatable bonds is 0. The fraction of sp³-hybridized carbons (Fsp3) is 0.375. The first-order valence-electron chi connectivity index (χ1n) is 3.27. The molecule has 0 unspecified atom stereocenters. The average molecular weight is 153 g/mol. The molecule has 10 heavy (non-hydrogen) atoms. The van der Waals surface area contributed by atoms with Crippen molar-refractivity contribution in [3.8, 4) is 6.07 Å². The minimum absolute atomic E-state index is 0.801. The average Bonchev–Trinajstić information content (AvgIpc) is 2.39. The Labute approximate surface area is 65.9 Å². The maximum atomic E-state index is 8.36. The molecule has 0 aliphatic carbocycles. The van der Waals surface area contributed by atoms with Crippen molar-refractivity contribution in [3.05, 3.63) is 21.9 Å². The van der Waals surface area contributed by atoms with Gasteiger partial charge in [-0.2, -0.15) is 16.6 Å². The van der Waals surface area contributed by atoms with E-state index in [1.54, 1.807) is 11.3 Å². The van der Waals surface area contributed by atoms with Gasteiger partial charge in [0.2, 0.25) is 0 Å². The number of hydrogen-bond donors (Lipinski definition) is 0. The molecule has 1 nitrogen and oxygen atoms in total. The zero-order chi connectivity index (χ0) is 7.98. The minimum Gasteiger partial charge on any atom is -0.192 e. The largest absolute Gasteiger partial charge is 0.192 e. The Morgan fingerprint density at radius 2 is 2.00 bits per heavy atom. The van der Waals surface area contributed by atoms with Crippen LogP contribution >= 0.6 is 11.3 Å². The van der Waals surface area contributed by atoms with E-state index in [9.17, 15) is 0 Å². The van der Waals surface area contributed by atoms with Gasteiger partial charge in [0, 0.05) is 5.38 Å². The molecule has 1 aromatic rings. The van der Waals surface area contributed by atoms with Gasteiger partial charge in [-0.05, 0) is 17.9 Å². The van der Waals surface area contributed by atoms with Crippen LogP contribution < -0.4 is 0 Å². The summed E-state index contributed by atoms with van der Waals surface area (Å²) in [5.41, 5.74) is 1.88. The summed E-state index contributed by atoms with van der Waals surface area (Å²) in [4.78, 5) is 0. The van der Waals surface area contributed by atoms with Crippen LogP contribution in [0.5, 0.6) is 0 Å². The molecule has 0 spiro atoms. The van der Waals surface area contributed by atoms with Crippen molar-refractivity contribution in [2.75, 3.05) is 0 Å². The summed E-state index contributed by atoms with van der Waals surface area (Å²) >= 11 is 1.57. The Bertz CT molecular complexity index is 219. The van der Waals surface area contributed by atoms with Gasteiger partial charge in [-0.3, -0.25) is 0 Å². The van der Waals surface area contributed by atoms with Crippen LogP contribution in [0.15, 0.2) is 10.8 Å².